The topological polar surface area (TPSA) is 20.2 Å². The molecular formula is C3H8ClFeO-. The molecule has 0 aliphatic carbocycles. The number of aliphatic hydroxyl groups is 1. The summed E-state index contributed by atoms with van der Waals surface area (Å²) in [6, 6.07) is 0. The van der Waals surface area contributed by atoms with Crippen LogP contribution in [0.1, 0.15) is 13.3 Å². The number of hydrogen-bond acceptors (Lipinski definition) is 1. The molecule has 0 spiro atoms. The number of rotatable bonds is 1. The first-order valence-electron chi connectivity index (χ1n) is 1.52. The van der Waals surface area contributed by atoms with Gasteiger partial charge in [-0.05, 0) is 6.42 Å². The Hall–Kier alpha value is 0.769. The molecule has 0 rings (SSSR count). The van der Waals surface area contributed by atoms with Gasteiger partial charge in [-0.3, -0.25) is 0 Å². The Labute approximate surface area is 55.0 Å². The molecular weight excluding hydrogens is 143 g/mol. The van der Waals surface area contributed by atoms with Crippen molar-refractivity contribution in [2.24, 2.45) is 0 Å². The first-order chi connectivity index (χ1) is 1.91. The van der Waals surface area contributed by atoms with Gasteiger partial charge in [0.05, 0.1) is 0 Å². The van der Waals surface area contributed by atoms with E-state index in [0.29, 0.717) is 6.61 Å². The molecule has 0 fully saturated rings. The maximum absolute atomic E-state index is 7.88. The molecule has 3 heteroatoms. The summed E-state index contributed by atoms with van der Waals surface area (Å²) in [5, 5.41) is 7.88. The van der Waals surface area contributed by atoms with Gasteiger partial charge in [-0.1, -0.05) is 6.92 Å². The summed E-state index contributed by atoms with van der Waals surface area (Å²) in [6.07, 6.45) is 0.875. The van der Waals surface area contributed by atoms with Crippen molar-refractivity contribution in [2.45, 2.75) is 13.3 Å². The van der Waals surface area contributed by atoms with Gasteiger partial charge in [-0.15, -0.1) is 0 Å². The smallest absolute Gasteiger partial charge is 0.0428 e. The van der Waals surface area contributed by atoms with Crippen molar-refractivity contribution in [3.63, 3.8) is 0 Å². The van der Waals surface area contributed by atoms with Gasteiger partial charge >= 0.3 is 0 Å². The second kappa shape index (κ2) is 17.1. The van der Waals surface area contributed by atoms with Crippen molar-refractivity contribution in [2.75, 3.05) is 6.61 Å². The van der Waals surface area contributed by atoms with Gasteiger partial charge in [0.25, 0.3) is 0 Å². The van der Waals surface area contributed by atoms with E-state index >= 15 is 0 Å². The summed E-state index contributed by atoms with van der Waals surface area (Å²) in [5.41, 5.74) is 0. The van der Waals surface area contributed by atoms with Gasteiger partial charge in [0.1, 0.15) is 0 Å². The van der Waals surface area contributed by atoms with E-state index in [1.165, 1.54) is 0 Å². The molecule has 0 aromatic carbocycles. The molecule has 0 saturated carbocycles. The zero-order chi connectivity index (χ0) is 3.41. The Morgan fingerprint density at radius 3 is 1.67 bits per heavy atom. The third kappa shape index (κ3) is 21.6. The number of aliphatic hydroxyl groups excluding tert-OH is 1. The minimum Gasteiger partial charge on any atom is -1.00 e. The van der Waals surface area contributed by atoms with Gasteiger partial charge < -0.3 is 17.5 Å². The van der Waals surface area contributed by atoms with Crippen LogP contribution in [0, 0.1) is 0 Å². The van der Waals surface area contributed by atoms with E-state index in [2.05, 4.69) is 0 Å². The summed E-state index contributed by atoms with van der Waals surface area (Å²) >= 11 is 0. The maximum atomic E-state index is 7.88. The third-order valence-electron chi connectivity index (χ3n) is 0.224. The van der Waals surface area contributed by atoms with E-state index in [1.807, 2.05) is 6.92 Å². The minimum absolute atomic E-state index is 0. The first-order valence-corrected chi connectivity index (χ1v) is 1.52. The Balaban J connectivity index is -0.0000000450. The van der Waals surface area contributed by atoms with Crippen LogP contribution in [-0.4, -0.2) is 11.7 Å². The second-order valence-electron chi connectivity index (χ2n) is 0.724. The van der Waals surface area contributed by atoms with Crippen LogP contribution >= 0.6 is 0 Å². The Morgan fingerprint density at radius 1 is 1.50 bits per heavy atom. The van der Waals surface area contributed by atoms with Gasteiger partial charge in [-0.25, -0.2) is 0 Å². The van der Waals surface area contributed by atoms with Crippen molar-refractivity contribution < 1.29 is 34.6 Å². The molecule has 0 atom stereocenters. The molecule has 0 bridgehead atoms. The molecule has 42 valence electrons. The van der Waals surface area contributed by atoms with Crippen LogP contribution in [0.5, 0.6) is 0 Å². The van der Waals surface area contributed by atoms with Crippen molar-refractivity contribution in [1.29, 1.82) is 0 Å². The zero-order valence-corrected chi connectivity index (χ0v) is 5.45. The van der Waals surface area contributed by atoms with Crippen LogP contribution in [0.15, 0.2) is 0 Å². The summed E-state index contributed by atoms with van der Waals surface area (Å²) in [6.45, 7) is 2.25. The van der Waals surface area contributed by atoms with Crippen LogP contribution in [0.3, 0.4) is 0 Å². The molecule has 1 nitrogen and oxygen atoms in total. The largest absolute Gasteiger partial charge is 1.00 e. The average Bonchev–Trinajstić information content (AvgIpc) is 1.37. The standard InChI is InChI=1S/C3H8O.ClH.Fe/c1-2-3-4;;/h4H,2-3H2,1H3;1H;/p-1. The molecule has 0 aromatic rings. The third-order valence-corrected chi connectivity index (χ3v) is 0.224. The van der Waals surface area contributed by atoms with Crippen LogP contribution in [-0.2, 0) is 17.1 Å². The van der Waals surface area contributed by atoms with Crippen molar-refractivity contribution >= 4 is 0 Å². The zero-order valence-electron chi connectivity index (χ0n) is 3.59. The molecule has 0 unspecified atom stereocenters. The average molecular weight is 151 g/mol. The SMILES string of the molecule is CCCO.[Cl-].[Fe]. The number of halogens is 1. The van der Waals surface area contributed by atoms with Crippen molar-refractivity contribution in [3.05, 3.63) is 0 Å². The Morgan fingerprint density at radius 2 is 1.67 bits per heavy atom. The molecule has 0 aromatic heterocycles. The fourth-order valence-corrected chi connectivity index (χ4v) is 0. The van der Waals surface area contributed by atoms with E-state index in [0.717, 1.165) is 6.42 Å². The summed E-state index contributed by atoms with van der Waals surface area (Å²) in [5.74, 6) is 0. The maximum Gasteiger partial charge on any atom is 0.0428 e. The predicted molar refractivity (Wildman–Crippen MR) is 17.4 cm³/mol. The summed E-state index contributed by atoms with van der Waals surface area (Å²) < 4.78 is 0. The molecule has 6 heavy (non-hydrogen) atoms. The van der Waals surface area contributed by atoms with Crippen molar-refractivity contribution in [1.82, 2.24) is 0 Å². The van der Waals surface area contributed by atoms with Gasteiger partial charge in [0.2, 0.25) is 0 Å². The quantitative estimate of drug-likeness (QED) is 0.407. The summed E-state index contributed by atoms with van der Waals surface area (Å²) in [4.78, 5) is 0. The summed E-state index contributed by atoms with van der Waals surface area (Å²) in [7, 11) is 0. The van der Waals surface area contributed by atoms with E-state index in [9.17, 15) is 0 Å². The van der Waals surface area contributed by atoms with Crippen LogP contribution in [0.4, 0.5) is 0 Å². The Kier molecular flexibility index (Phi) is 45.2. The van der Waals surface area contributed by atoms with Gasteiger partial charge in [-0.2, -0.15) is 0 Å². The van der Waals surface area contributed by atoms with Crippen LogP contribution < -0.4 is 12.4 Å². The van der Waals surface area contributed by atoms with E-state index in [4.69, 9.17) is 5.11 Å². The fraction of sp³-hybridized carbons (Fsp3) is 1.00. The molecule has 0 amide bonds. The van der Waals surface area contributed by atoms with Gasteiger partial charge in [0, 0.05) is 23.7 Å². The minimum atomic E-state index is 0. The predicted octanol–water partition coefficient (Wildman–Crippen LogP) is -2.61. The molecule has 0 saturated heterocycles. The normalized spacial score (nSPS) is 5.00. The molecule has 0 heterocycles. The second-order valence-corrected chi connectivity index (χ2v) is 0.724. The fourth-order valence-electron chi connectivity index (χ4n) is 0. The van der Waals surface area contributed by atoms with Gasteiger partial charge in [0.15, 0.2) is 0 Å². The number of hydrogen-bond donors (Lipinski definition) is 1. The monoisotopic (exact) mass is 151 g/mol. The van der Waals surface area contributed by atoms with Crippen molar-refractivity contribution in [3.8, 4) is 0 Å². The first kappa shape index (κ1) is 15.9. The van der Waals surface area contributed by atoms with Crippen LogP contribution in [0.25, 0.3) is 0 Å². The molecule has 0 aliphatic rings. The van der Waals surface area contributed by atoms with E-state index in [-0.39, 0.29) is 29.5 Å². The molecule has 0 aliphatic heterocycles. The Bertz CT molecular complexity index is 12.8. The molecule has 0 radical (unpaired) electrons. The van der Waals surface area contributed by atoms with E-state index in [1.54, 1.807) is 0 Å². The molecule has 1 N–H and O–H groups in total. The van der Waals surface area contributed by atoms with E-state index < -0.39 is 0 Å². The van der Waals surface area contributed by atoms with Crippen LogP contribution in [0.2, 0.25) is 0 Å².